The van der Waals surface area contributed by atoms with Crippen LogP contribution in [0.25, 0.3) is 0 Å². The smallest absolute Gasteiger partial charge is 0.264 e. The number of amides is 1. The molecule has 0 atom stereocenters. The molecule has 0 aromatic heterocycles. The molecule has 3 aromatic rings. The van der Waals surface area contributed by atoms with Gasteiger partial charge in [0.25, 0.3) is 10.0 Å². The highest BCUT2D eigenvalue weighted by molar-refractivity contribution is 7.92. The maximum Gasteiger partial charge on any atom is 0.264 e. The van der Waals surface area contributed by atoms with Crippen molar-refractivity contribution >= 4 is 44.8 Å². The van der Waals surface area contributed by atoms with E-state index in [0.717, 1.165) is 15.4 Å². The lowest BCUT2D eigenvalue weighted by atomic mass is 10.2. The number of hydrogen-bond acceptors (Lipinski definition) is 4. The van der Waals surface area contributed by atoms with Gasteiger partial charge in [-0.15, -0.1) is 0 Å². The lowest BCUT2D eigenvalue weighted by molar-refractivity contribution is -0.119. The first-order valence-corrected chi connectivity index (χ1v) is 12.4. The van der Waals surface area contributed by atoms with Crippen LogP contribution in [0.2, 0.25) is 10.0 Å². The molecule has 9 heteroatoms. The number of anilines is 1. The summed E-state index contributed by atoms with van der Waals surface area (Å²) in [6, 6.07) is 18.3. The quantitative estimate of drug-likeness (QED) is 0.414. The molecule has 0 saturated heterocycles. The standard InChI is InChI=1S/C24H24Cl2N2O4S/c1-17-7-11-20(12-8-17)33(30,31)28(19-10-9-18(2)22(26)15-19)16-24(29)27-13-14-32-23-6-4-3-5-21(23)25/h3-12,15H,13-14,16H2,1-2H3,(H,27,29). The molecule has 3 aromatic carbocycles. The normalized spacial score (nSPS) is 11.2. The van der Waals surface area contributed by atoms with E-state index in [1.807, 2.05) is 13.8 Å². The number of sulfonamides is 1. The molecule has 0 aliphatic carbocycles. The van der Waals surface area contributed by atoms with Crippen molar-refractivity contribution in [3.05, 3.63) is 87.9 Å². The molecule has 0 saturated carbocycles. The van der Waals surface area contributed by atoms with Crippen LogP contribution in [-0.2, 0) is 14.8 Å². The van der Waals surface area contributed by atoms with Crippen LogP contribution in [0.4, 0.5) is 5.69 Å². The second kappa shape index (κ2) is 10.9. The summed E-state index contributed by atoms with van der Waals surface area (Å²) in [5.74, 6) is 0.0245. The number of hydrogen-bond donors (Lipinski definition) is 1. The number of ether oxygens (including phenoxy) is 1. The van der Waals surface area contributed by atoms with E-state index >= 15 is 0 Å². The number of carbonyl (C=O) groups is 1. The molecule has 3 rings (SSSR count). The third kappa shape index (κ3) is 6.41. The largest absolute Gasteiger partial charge is 0.490 e. The highest BCUT2D eigenvalue weighted by atomic mass is 35.5. The molecule has 0 unspecified atom stereocenters. The van der Waals surface area contributed by atoms with Crippen LogP contribution in [0.15, 0.2) is 71.6 Å². The maximum atomic E-state index is 13.4. The number of para-hydroxylation sites is 1. The van der Waals surface area contributed by atoms with Gasteiger partial charge in [0, 0.05) is 5.02 Å². The number of halogens is 2. The Kier molecular flexibility index (Phi) is 8.24. The Hall–Kier alpha value is -2.74. The Balaban J connectivity index is 1.75. The molecular weight excluding hydrogens is 483 g/mol. The highest BCUT2D eigenvalue weighted by Crippen LogP contribution is 2.28. The molecule has 1 amide bonds. The Morgan fingerprint density at radius 2 is 1.67 bits per heavy atom. The molecule has 0 heterocycles. The first-order chi connectivity index (χ1) is 15.7. The summed E-state index contributed by atoms with van der Waals surface area (Å²) in [6.45, 7) is 3.62. The molecule has 0 fully saturated rings. The van der Waals surface area contributed by atoms with Crippen molar-refractivity contribution in [3.8, 4) is 5.75 Å². The van der Waals surface area contributed by atoms with Crippen LogP contribution in [0, 0.1) is 13.8 Å². The second-order valence-corrected chi connectivity index (χ2v) is 10.1. The number of aryl methyl sites for hydroxylation is 2. The molecular formula is C24H24Cl2N2O4S. The van der Waals surface area contributed by atoms with Gasteiger partial charge < -0.3 is 10.1 Å². The predicted molar refractivity (Wildman–Crippen MR) is 132 cm³/mol. The fourth-order valence-corrected chi connectivity index (χ4v) is 4.77. The maximum absolute atomic E-state index is 13.4. The molecule has 0 aliphatic heterocycles. The Labute approximate surface area is 204 Å². The van der Waals surface area contributed by atoms with Crippen molar-refractivity contribution in [1.29, 1.82) is 0 Å². The minimum atomic E-state index is -4.01. The summed E-state index contributed by atoms with van der Waals surface area (Å²) in [6.07, 6.45) is 0. The zero-order chi connectivity index (χ0) is 24.0. The van der Waals surface area contributed by atoms with E-state index in [1.165, 1.54) is 18.2 Å². The van der Waals surface area contributed by atoms with Gasteiger partial charge in [-0.1, -0.05) is 59.1 Å². The Morgan fingerprint density at radius 1 is 0.970 bits per heavy atom. The average Bonchev–Trinajstić information content (AvgIpc) is 2.78. The van der Waals surface area contributed by atoms with Crippen molar-refractivity contribution in [2.75, 3.05) is 24.0 Å². The van der Waals surface area contributed by atoms with Crippen LogP contribution < -0.4 is 14.4 Å². The molecule has 0 spiro atoms. The molecule has 0 aliphatic rings. The molecule has 0 radical (unpaired) electrons. The molecule has 0 bridgehead atoms. The van der Waals surface area contributed by atoms with E-state index in [9.17, 15) is 13.2 Å². The average molecular weight is 507 g/mol. The number of rotatable bonds is 9. The topological polar surface area (TPSA) is 75.7 Å². The zero-order valence-electron chi connectivity index (χ0n) is 18.2. The van der Waals surface area contributed by atoms with Crippen LogP contribution in [0.1, 0.15) is 11.1 Å². The van der Waals surface area contributed by atoms with Gasteiger partial charge in [0.05, 0.1) is 22.2 Å². The van der Waals surface area contributed by atoms with Crippen LogP contribution in [0.5, 0.6) is 5.75 Å². The van der Waals surface area contributed by atoms with Crippen molar-refractivity contribution in [3.63, 3.8) is 0 Å². The number of benzene rings is 3. The molecule has 6 nitrogen and oxygen atoms in total. The molecule has 1 N–H and O–H groups in total. The second-order valence-electron chi connectivity index (χ2n) is 7.39. The van der Waals surface area contributed by atoms with Gasteiger partial charge in [-0.25, -0.2) is 8.42 Å². The van der Waals surface area contributed by atoms with Gasteiger partial charge in [-0.05, 0) is 55.8 Å². The summed E-state index contributed by atoms with van der Waals surface area (Å²) in [5.41, 5.74) is 2.03. The van der Waals surface area contributed by atoms with Crippen molar-refractivity contribution < 1.29 is 17.9 Å². The fourth-order valence-electron chi connectivity index (χ4n) is 2.99. The third-order valence-electron chi connectivity index (χ3n) is 4.86. The van der Waals surface area contributed by atoms with Crippen LogP contribution in [-0.4, -0.2) is 34.0 Å². The van der Waals surface area contributed by atoms with E-state index in [0.29, 0.717) is 21.5 Å². The van der Waals surface area contributed by atoms with Crippen molar-refractivity contribution in [2.24, 2.45) is 0 Å². The summed E-state index contributed by atoms with van der Waals surface area (Å²) in [7, 11) is -4.01. The monoisotopic (exact) mass is 506 g/mol. The van der Waals surface area contributed by atoms with Crippen molar-refractivity contribution in [2.45, 2.75) is 18.7 Å². The molecule has 33 heavy (non-hydrogen) atoms. The van der Waals surface area contributed by atoms with E-state index in [4.69, 9.17) is 27.9 Å². The SMILES string of the molecule is Cc1ccc(S(=O)(=O)N(CC(=O)NCCOc2ccccc2Cl)c2ccc(C)c(Cl)c2)cc1. The highest BCUT2D eigenvalue weighted by Gasteiger charge is 2.27. The lowest BCUT2D eigenvalue weighted by Gasteiger charge is -2.24. The predicted octanol–water partition coefficient (Wildman–Crippen LogP) is 5.00. The molecule has 174 valence electrons. The van der Waals surface area contributed by atoms with Gasteiger partial charge in [0.15, 0.2) is 0 Å². The zero-order valence-corrected chi connectivity index (χ0v) is 20.5. The Morgan fingerprint density at radius 3 is 2.33 bits per heavy atom. The summed E-state index contributed by atoms with van der Waals surface area (Å²) < 4.78 is 33.4. The summed E-state index contributed by atoms with van der Waals surface area (Å²) in [5, 5.41) is 3.56. The first kappa shape index (κ1) is 24.9. The van der Waals surface area contributed by atoms with E-state index in [2.05, 4.69) is 5.32 Å². The third-order valence-corrected chi connectivity index (χ3v) is 7.37. The first-order valence-electron chi connectivity index (χ1n) is 10.2. The minimum absolute atomic E-state index is 0.0830. The van der Waals surface area contributed by atoms with E-state index in [1.54, 1.807) is 48.5 Å². The van der Waals surface area contributed by atoms with E-state index < -0.39 is 22.5 Å². The summed E-state index contributed by atoms with van der Waals surface area (Å²) >= 11 is 12.3. The van der Waals surface area contributed by atoms with Crippen LogP contribution >= 0.6 is 23.2 Å². The van der Waals surface area contributed by atoms with Gasteiger partial charge in [0.2, 0.25) is 5.91 Å². The van der Waals surface area contributed by atoms with Crippen molar-refractivity contribution in [1.82, 2.24) is 5.32 Å². The van der Waals surface area contributed by atoms with Gasteiger partial charge >= 0.3 is 0 Å². The lowest BCUT2D eigenvalue weighted by Crippen LogP contribution is -2.42. The number of nitrogens with zero attached hydrogens (tertiary/aromatic N) is 1. The Bertz CT molecular complexity index is 1230. The summed E-state index contributed by atoms with van der Waals surface area (Å²) in [4.78, 5) is 12.7. The fraction of sp³-hybridized carbons (Fsp3) is 0.208. The van der Waals surface area contributed by atoms with Crippen LogP contribution in [0.3, 0.4) is 0 Å². The minimum Gasteiger partial charge on any atom is -0.490 e. The van der Waals surface area contributed by atoms with Gasteiger partial charge in [-0.2, -0.15) is 0 Å². The number of nitrogens with one attached hydrogen (secondary N) is 1. The number of carbonyl (C=O) groups excluding carboxylic acids is 1. The van der Waals surface area contributed by atoms with Gasteiger partial charge in [0.1, 0.15) is 18.9 Å². The van der Waals surface area contributed by atoms with Gasteiger partial charge in [-0.3, -0.25) is 9.10 Å². The van der Waals surface area contributed by atoms with E-state index in [-0.39, 0.29) is 18.0 Å².